The molecular weight excluding hydrogens is 234 g/mol. The minimum absolute atomic E-state index is 0.0413. The molecule has 1 aliphatic heterocycles. The molecule has 0 aromatic rings. The molecule has 2 atom stereocenters. The summed E-state index contributed by atoms with van der Waals surface area (Å²) < 4.78 is 15.6. The highest BCUT2D eigenvalue weighted by atomic mass is 16.6. The lowest BCUT2D eigenvalue weighted by Crippen LogP contribution is -2.30. The second kappa shape index (κ2) is 9.30. The van der Waals surface area contributed by atoms with Crippen LogP contribution in [0.1, 0.15) is 26.7 Å². The lowest BCUT2D eigenvalue weighted by molar-refractivity contribution is -0.148. The standard InChI is InChI=1S/C13H25NO4/c1-3-12-11(5-7-18-12)9-14-6-8-16-10-13(15)17-4-2/h11-12,14H,3-10H2,1-2H3. The molecule has 0 saturated carbocycles. The van der Waals surface area contributed by atoms with Crippen LogP contribution in [0.2, 0.25) is 0 Å². The third kappa shape index (κ3) is 5.80. The van der Waals surface area contributed by atoms with Gasteiger partial charge in [0.25, 0.3) is 0 Å². The number of rotatable bonds is 9. The van der Waals surface area contributed by atoms with Crippen molar-refractivity contribution >= 4 is 5.97 Å². The molecule has 5 nitrogen and oxygen atoms in total. The highest BCUT2D eigenvalue weighted by Gasteiger charge is 2.25. The Morgan fingerprint density at radius 3 is 3.00 bits per heavy atom. The number of hydrogen-bond acceptors (Lipinski definition) is 5. The fourth-order valence-corrected chi connectivity index (χ4v) is 2.17. The lowest BCUT2D eigenvalue weighted by Gasteiger charge is -2.17. The van der Waals surface area contributed by atoms with Gasteiger partial charge in [0.2, 0.25) is 0 Å². The van der Waals surface area contributed by atoms with Crippen molar-refractivity contribution in [1.29, 1.82) is 0 Å². The maximum absolute atomic E-state index is 11.0. The molecule has 0 aliphatic carbocycles. The van der Waals surface area contributed by atoms with Gasteiger partial charge in [-0.1, -0.05) is 6.92 Å². The maximum atomic E-state index is 11.0. The van der Waals surface area contributed by atoms with Gasteiger partial charge in [-0.3, -0.25) is 0 Å². The van der Waals surface area contributed by atoms with Gasteiger partial charge < -0.3 is 19.5 Å². The van der Waals surface area contributed by atoms with E-state index in [1.807, 2.05) is 0 Å². The average molecular weight is 259 g/mol. The maximum Gasteiger partial charge on any atom is 0.332 e. The molecule has 1 saturated heterocycles. The van der Waals surface area contributed by atoms with Crippen LogP contribution in [0.15, 0.2) is 0 Å². The monoisotopic (exact) mass is 259 g/mol. The molecule has 0 bridgehead atoms. The molecule has 1 aliphatic rings. The van der Waals surface area contributed by atoms with Crippen molar-refractivity contribution in [3.8, 4) is 0 Å². The Morgan fingerprint density at radius 2 is 2.28 bits per heavy atom. The van der Waals surface area contributed by atoms with Crippen LogP contribution < -0.4 is 5.32 Å². The third-order valence-corrected chi connectivity index (χ3v) is 3.10. The summed E-state index contributed by atoms with van der Waals surface area (Å²) in [5.41, 5.74) is 0. The minimum atomic E-state index is -0.298. The van der Waals surface area contributed by atoms with Crippen molar-refractivity contribution in [2.75, 3.05) is 39.5 Å². The Kier molecular flexibility index (Phi) is 7.96. The summed E-state index contributed by atoms with van der Waals surface area (Å²) in [6, 6.07) is 0. The number of carbonyl (C=O) groups excluding carboxylic acids is 1. The summed E-state index contributed by atoms with van der Waals surface area (Å²) in [6.07, 6.45) is 2.61. The van der Waals surface area contributed by atoms with Gasteiger partial charge in [-0.25, -0.2) is 4.79 Å². The van der Waals surface area contributed by atoms with E-state index in [4.69, 9.17) is 14.2 Å². The molecule has 1 heterocycles. The predicted octanol–water partition coefficient (Wildman–Crippen LogP) is 0.971. The van der Waals surface area contributed by atoms with Gasteiger partial charge in [0, 0.05) is 19.7 Å². The zero-order chi connectivity index (χ0) is 13.2. The first-order chi connectivity index (χ1) is 8.77. The van der Waals surface area contributed by atoms with Crippen molar-refractivity contribution in [3.63, 3.8) is 0 Å². The van der Waals surface area contributed by atoms with Crippen LogP contribution in [-0.4, -0.2) is 51.6 Å². The van der Waals surface area contributed by atoms with Gasteiger partial charge in [-0.15, -0.1) is 0 Å². The first-order valence-corrected chi connectivity index (χ1v) is 6.83. The van der Waals surface area contributed by atoms with E-state index in [9.17, 15) is 4.79 Å². The minimum Gasteiger partial charge on any atom is -0.464 e. The average Bonchev–Trinajstić information content (AvgIpc) is 2.81. The zero-order valence-corrected chi connectivity index (χ0v) is 11.4. The molecule has 0 radical (unpaired) electrons. The summed E-state index contributed by atoms with van der Waals surface area (Å²) in [5.74, 6) is 0.313. The quantitative estimate of drug-likeness (QED) is 0.494. The van der Waals surface area contributed by atoms with Gasteiger partial charge >= 0.3 is 5.97 Å². The van der Waals surface area contributed by atoms with E-state index in [2.05, 4.69) is 12.2 Å². The second-order valence-electron chi connectivity index (χ2n) is 4.43. The highest BCUT2D eigenvalue weighted by molar-refractivity contribution is 5.70. The van der Waals surface area contributed by atoms with E-state index in [1.54, 1.807) is 6.92 Å². The molecule has 106 valence electrons. The van der Waals surface area contributed by atoms with Gasteiger partial charge in [0.15, 0.2) is 0 Å². The van der Waals surface area contributed by atoms with Crippen molar-refractivity contribution in [1.82, 2.24) is 5.32 Å². The smallest absolute Gasteiger partial charge is 0.332 e. The topological polar surface area (TPSA) is 56.8 Å². The lowest BCUT2D eigenvalue weighted by atomic mass is 10.00. The van der Waals surface area contributed by atoms with E-state index >= 15 is 0 Å². The second-order valence-corrected chi connectivity index (χ2v) is 4.43. The van der Waals surface area contributed by atoms with E-state index in [1.165, 1.54) is 0 Å². The van der Waals surface area contributed by atoms with Crippen LogP contribution >= 0.6 is 0 Å². The molecule has 0 aromatic carbocycles. The van der Waals surface area contributed by atoms with Gasteiger partial charge in [-0.05, 0) is 25.7 Å². The molecule has 1 fully saturated rings. The van der Waals surface area contributed by atoms with Gasteiger partial charge in [-0.2, -0.15) is 0 Å². The number of nitrogens with one attached hydrogen (secondary N) is 1. The molecule has 0 amide bonds. The van der Waals surface area contributed by atoms with E-state index in [-0.39, 0.29) is 12.6 Å². The number of hydrogen-bond donors (Lipinski definition) is 1. The highest BCUT2D eigenvalue weighted by Crippen LogP contribution is 2.22. The third-order valence-electron chi connectivity index (χ3n) is 3.10. The zero-order valence-electron chi connectivity index (χ0n) is 11.4. The van der Waals surface area contributed by atoms with Crippen LogP contribution in [0.3, 0.4) is 0 Å². The molecular formula is C13H25NO4. The van der Waals surface area contributed by atoms with E-state index in [0.717, 1.165) is 32.5 Å². The molecule has 18 heavy (non-hydrogen) atoms. The fraction of sp³-hybridized carbons (Fsp3) is 0.923. The van der Waals surface area contributed by atoms with Gasteiger partial charge in [0.1, 0.15) is 6.61 Å². The normalized spacial score (nSPS) is 23.2. The Bertz CT molecular complexity index is 235. The largest absolute Gasteiger partial charge is 0.464 e. The Labute approximate surface area is 109 Å². The van der Waals surface area contributed by atoms with Crippen LogP contribution in [0, 0.1) is 5.92 Å². The summed E-state index contributed by atoms with van der Waals surface area (Å²) in [7, 11) is 0. The van der Waals surface area contributed by atoms with Crippen molar-refractivity contribution in [2.45, 2.75) is 32.8 Å². The van der Waals surface area contributed by atoms with Gasteiger partial charge in [0.05, 0.1) is 19.3 Å². The van der Waals surface area contributed by atoms with Crippen molar-refractivity contribution < 1.29 is 19.0 Å². The molecule has 0 spiro atoms. The molecule has 5 heteroatoms. The summed E-state index contributed by atoms with van der Waals surface area (Å²) in [6.45, 7) is 7.51. The summed E-state index contributed by atoms with van der Waals surface area (Å²) in [5, 5.41) is 3.34. The number of carbonyl (C=O) groups is 1. The Morgan fingerprint density at radius 1 is 1.44 bits per heavy atom. The van der Waals surface area contributed by atoms with Crippen LogP contribution in [0.25, 0.3) is 0 Å². The Balaban J connectivity index is 1.94. The SMILES string of the molecule is CCOC(=O)COCCNCC1CCOC1CC. The molecule has 1 rings (SSSR count). The first-order valence-electron chi connectivity index (χ1n) is 6.83. The molecule has 0 aromatic heterocycles. The van der Waals surface area contributed by atoms with Crippen LogP contribution in [-0.2, 0) is 19.0 Å². The van der Waals surface area contributed by atoms with E-state index in [0.29, 0.717) is 25.2 Å². The van der Waals surface area contributed by atoms with Crippen LogP contribution in [0.5, 0.6) is 0 Å². The summed E-state index contributed by atoms with van der Waals surface area (Å²) in [4.78, 5) is 11.0. The van der Waals surface area contributed by atoms with Crippen LogP contribution in [0.4, 0.5) is 0 Å². The summed E-state index contributed by atoms with van der Waals surface area (Å²) >= 11 is 0. The van der Waals surface area contributed by atoms with E-state index < -0.39 is 0 Å². The predicted molar refractivity (Wildman–Crippen MR) is 68.5 cm³/mol. The number of esters is 1. The number of ether oxygens (including phenoxy) is 3. The Hall–Kier alpha value is -0.650. The van der Waals surface area contributed by atoms with Crippen molar-refractivity contribution in [2.24, 2.45) is 5.92 Å². The fourth-order valence-electron chi connectivity index (χ4n) is 2.17. The van der Waals surface area contributed by atoms with Crippen molar-refractivity contribution in [3.05, 3.63) is 0 Å². The molecule has 1 N–H and O–H groups in total. The molecule has 2 unspecified atom stereocenters. The first kappa shape index (κ1) is 15.4.